The summed E-state index contributed by atoms with van der Waals surface area (Å²) in [5, 5.41) is 0. The van der Waals surface area contributed by atoms with Crippen LogP contribution in [0.15, 0.2) is 61.2 Å². The highest BCUT2D eigenvalue weighted by Crippen LogP contribution is 2.40. The van der Waals surface area contributed by atoms with Crippen LogP contribution in [-0.2, 0) is 23.7 Å². The van der Waals surface area contributed by atoms with Crippen LogP contribution in [0.4, 0.5) is 17.6 Å². The third-order valence-corrected chi connectivity index (χ3v) is 6.99. The van der Waals surface area contributed by atoms with Crippen molar-refractivity contribution >= 4 is 0 Å². The van der Waals surface area contributed by atoms with Crippen molar-refractivity contribution < 1.29 is 22.3 Å². The van der Waals surface area contributed by atoms with Crippen molar-refractivity contribution in [1.29, 1.82) is 0 Å². The van der Waals surface area contributed by atoms with Gasteiger partial charge in [0.1, 0.15) is 17.2 Å². The van der Waals surface area contributed by atoms with Gasteiger partial charge in [-0.3, -0.25) is 0 Å². The van der Waals surface area contributed by atoms with Crippen LogP contribution in [0.2, 0.25) is 0 Å². The third kappa shape index (κ3) is 7.79. The summed E-state index contributed by atoms with van der Waals surface area (Å²) in [6, 6.07) is 9.72. The lowest BCUT2D eigenvalue weighted by molar-refractivity contribution is -0.251. The summed E-state index contributed by atoms with van der Waals surface area (Å²) in [5.74, 6) is -1.88. The Morgan fingerprint density at radius 2 is 1.54 bits per heavy atom. The fourth-order valence-electron chi connectivity index (χ4n) is 4.90. The van der Waals surface area contributed by atoms with Crippen molar-refractivity contribution in [1.82, 2.24) is 0 Å². The maximum Gasteiger partial charge on any atom is 0.389 e. The minimum Gasteiger partial charge on any atom is -0.316 e. The average molecular weight is 489 g/mol. The van der Waals surface area contributed by atoms with Crippen molar-refractivity contribution in [3.05, 3.63) is 95.1 Å². The number of halogens is 4. The molecule has 1 saturated carbocycles. The van der Waals surface area contributed by atoms with Crippen molar-refractivity contribution in [3.63, 3.8) is 0 Å². The lowest BCUT2D eigenvalue weighted by atomic mass is 9.77. The van der Waals surface area contributed by atoms with Crippen LogP contribution in [0.3, 0.4) is 0 Å². The number of hydrogen-bond acceptors (Lipinski definition) is 1. The summed E-state index contributed by atoms with van der Waals surface area (Å²) in [6.07, 6.45) is 9.71. The third-order valence-electron chi connectivity index (χ3n) is 6.99. The molecule has 0 spiro atoms. The Bertz CT molecular complexity index is 949. The van der Waals surface area contributed by atoms with E-state index in [1.807, 2.05) is 43.3 Å². The normalized spacial score (nSPS) is 18.8. The minimum atomic E-state index is -4.04. The monoisotopic (exact) mass is 488 g/mol. The van der Waals surface area contributed by atoms with Gasteiger partial charge in [-0.25, -0.2) is 8.78 Å². The lowest BCUT2D eigenvalue weighted by Gasteiger charge is -2.29. The van der Waals surface area contributed by atoms with Gasteiger partial charge in [-0.1, -0.05) is 42.5 Å². The van der Waals surface area contributed by atoms with Crippen molar-refractivity contribution in [2.45, 2.75) is 76.7 Å². The second kappa shape index (κ2) is 13.1. The average Bonchev–Trinajstić information content (AvgIpc) is 2.83. The molecule has 0 radical (unpaired) electrons. The zero-order chi connectivity index (χ0) is 25.3. The lowest BCUT2D eigenvalue weighted by Crippen LogP contribution is -2.24. The predicted octanol–water partition coefficient (Wildman–Crippen LogP) is 9.02. The summed E-state index contributed by atoms with van der Waals surface area (Å²) in [5.41, 5.74) is 1.11. The molecule has 0 amide bonds. The molecule has 0 bridgehead atoms. The molecule has 190 valence electrons. The van der Waals surface area contributed by atoms with Crippen molar-refractivity contribution in [2.75, 3.05) is 6.61 Å². The first-order chi connectivity index (χ1) is 16.8. The van der Waals surface area contributed by atoms with Gasteiger partial charge in [0.25, 0.3) is 0 Å². The number of rotatable bonds is 12. The van der Waals surface area contributed by atoms with Crippen LogP contribution in [-0.4, -0.2) is 6.61 Å². The molecule has 0 saturated heterocycles. The Balaban J connectivity index is 1.57. The minimum absolute atomic E-state index is 0.00462. The van der Waals surface area contributed by atoms with Gasteiger partial charge in [0.05, 0.1) is 6.61 Å². The molecule has 1 aliphatic carbocycles. The number of benzene rings is 2. The van der Waals surface area contributed by atoms with Crippen molar-refractivity contribution in [3.8, 4) is 0 Å². The van der Waals surface area contributed by atoms with Crippen LogP contribution in [0.1, 0.15) is 80.0 Å². The number of hydrogen-bond donors (Lipinski definition) is 0. The summed E-state index contributed by atoms with van der Waals surface area (Å²) >= 11 is 0. The number of allylic oxidation sites excluding steroid dienone is 3. The summed E-state index contributed by atoms with van der Waals surface area (Å²) in [7, 11) is 0. The van der Waals surface area contributed by atoms with Gasteiger partial charge in [-0.15, -0.1) is 6.58 Å². The molecule has 3 rings (SSSR count). The Kier molecular flexibility index (Phi) is 10.1. The van der Waals surface area contributed by atoms with Gasteiger partial charge < -0.3 is 4.74 Å². The first-order valence-corrected chi connectivity index (χ1v) is 12.6. The topological polar surface area (TPSA) is 9.23 Å². The molecule has 5 heteroatoms. The van der Waals surface area contributed by atoms with E-state index in [0.29, 0.717) is 11.5 Å². The van der Waals surface area contributed by atoms with Crippen LogP contribution in [0.25, 0.3) is 0 Å². The molecule has 0 N–H and O–H groups in total. The Morgan fingerprint density at radius 3 is 2.11 bits per heavy atom. The predicted molar refractivity (Wildman–Crippen MR) is 134 cm³/mol. The largest absolute Gasteiger partial charge is 0.389 e. The van der Waals surface area contributed by atoms with Gasteiger partial charge in [0, 0.05) is 0 Å². The SMILES string of the molecule is C=CCCc1ccc(CCOC(F)(F)c2c(F)cc(C3CCC(CCC=CC)CC3)cc2F)cc1. The molecule has 1 aliphatic rings. The van der Waals surface area contributed by atoms with E-state index in [1.54, 1.807) is 0 Å². The molecule has 35 heavy (non-hydrogen) atoms. The van der Waals surface area contributed by atoms with E-state index in [-0.39, 0.29) is 18.9 Å². The van der Waals surface area contributed by atoms with Crippen LogP contribution >= 0.6 is 0 Å². The van der Waals surface area contributed by atoms with E-state index >= 15 is 0 Å². The fourth-order valence-corrected chi connectivity index (χ4v) is 4.90. The maximum atomic E-state index is 14.7. The van der Waals surface area contributed by atoms with Crippen LogP contribution in [0, 0.1) is 17.6 Å². The summed E-state index contributed by atoms with van der Waals surface area (Å²) in [6.45, 7) is 5.35. The summed E-state index contributed by atoms with van der Waals surface area (Å²) in [4.78, 5) is 0. The highest BCUT2D eigenvalue weighted by Gasteiger charge is 2.40. The fraction of sp³-hybridized carbons (Fsp3) is 0.467. The van der Waals surface area contributed by atoms with E-state index in [4.69, 9.17) is 4.74 Å². The highest BCUT2D eigenvalue weighted by molar-refractivity contribution is 5.31. The number of aryl methyl sites for hydroxylation is 1. The van der Waals surface area contributed by atoms with Gasteiger partial charge in [0.2, 0.25) is 0 Å². The number of ether oxygens (including phenoxy) is 1. The molecule has 0 aromatic heterocycles. The second-order valence-electron chi connectivity index (χ2n) is 9.48. The van der Waals surface area contributed by atoms with Crippen molar-refractivity contribution in [2.24, 2.45) is 5.92 Å². The Labute approximate surface area is 206 Å². The molecule has 0 atom stereocenters. The van der Waals surface area contributed by atoms with Gasteiger partial charge in [0.15, 0.2) is 0 Å². The van der Waals surface area contributed by atoms with Gasteiger partial charge in [-0.05, 0) is 105 Å². The first-order valence-electron chi connectivity index (χ1n) is 12.6. The smallest absolute Gasteiger partial charge is 0.316 e. The van der Waals surface area contributed by atoms with E-state index in [1.165, 1.54) is 0 Å². The Hall–Kier alpha value is -2.40. The molecule has 0 aliphatic heterocycles. The zero-order valence-electron chi connectivity index (χ0n) is 20.5. The van der Waals surface area contributed by atoms with E-state index in [2.05, 4.69) is 12.7 Å². The molecule has 0 heterocycles. The zero-order valence-corrected chi connectivity index (χ0v) is 20.5. The van der Waals surface area contributed by atoms with E-state index in [0.717, 1.165) is 74.6 Å². The highest BCUT2D eigenvalue weighted by atomic mass is 19.3. The van der Waals surface area contributed by atoms with Gasteiger partial charge in [-0.2, -0.15) is 8.78 Å². The molecular weight excluding hydrogens is 452 g/mol. The van der Waals surface area contributed by atoms with Crippen LogP contribution in [0.5, 0.6) is 0 Å². The molecule has 2 aromatic carbocycles. The standard InChI is InChI=1S/C30H36F4O/c1-3-5-7-9-23-14-16-25(17-15-23)26-20-27(31)29(28(32)21-26)30(33,34)35-19-18-24-12-10-22(11-13-24)8-6-4-2/h3-5,10-13,20-21,23,25H,2,6-9,14-19H2,1H3. The molecular formula is C30H36F4O. The summed E-state index contributed by atoms with van der Waals surface area (Å²) < 4.78 is 63.4. The quantitative estimate of drug-likeness (QED) is 0.214. The first kappa shape index (κ1) is 27.2. The van der Waals surface area contributed by atoms with E-state index in [9.17, 15) is 17.6 Å². The molecule has 2 aromatic rings. The van der Waals surface area contributed by atoms with Gasteiger partial charge >= 0.3 is 6.11 Å². The van der Waals surface area contributed by atoms with E-state index < -0.39 is 23.3 Å². The second-order valence-corrected chi connectivity index (χ2v) is 9.48. The molecule has 1 nitrogen and oxygen atoms in total. The molecule has 1 fully saturated rings. The maximum absolute atomic E-state index is 14.7. The van der Waals surface area contributed by atoms with Crippen LogP contribution < -0.4 is 0 Å². The Morgan fingerprint density at radius 1 is 0.943 bits per heavy atom. The molecule has 0 unspecified atom stereocenters. The number of alkyl halides is 2.